The molecule has 2 amide bonds. The summed E-state index contributed by atoms with van der Waals surface area (Å²) in [4.78, 5) is 25.4. The Morgan fingerprint density at radius 1 is 1.64 bits per heavy atom. The first-order chi connectivity index (χ1) is 6.68. The van der Waals surface area contributed by atoms with Crippen LogP contribution in [0.15, 0.2) is 11.6 Å². The highest BCUT2D eigenvalue weighted by atomic mass is 32.1. The number of amides is 2. The van der Waals surface area contributed by atoms with Crippen LogP contribution in [0.1, 0.15) is 12.8 Å². The van der Waals surface area contributed by atoms with Gasteiger partial charge in [-0.2, -0.15) is 0 Å². The Morgan fingerprint density at radius 3 is 3.00 bits per heavy atom. The fourth-order valence-corrected chi connectivity index (χ4v) is 1.32. The number of primary amides is 1. The predicted octanol–water partition coefficient (Wildman–Crippen LogP) is 0.551. The molecule has 1 rings (SSSR count). The number of anilines is 1. The van der Waals surface area contributed by atoms with Gasteiger partial charge >= 0.3 is 0 Å². The quantitative estimate of drug-likeness (QED) is 0.747. The van der Waals surface area contributed by atoms with Crippen LogP contribution in [-0.2, 0) is 9.59 Å². The van der Waals surface area contributed by atoms with Gasteiger partial charge in [0.2, 0.25) is 11.8 Å². The minimum atomic E-state index is -0.414. The molecule has 1 aromatic heterocycles. The standard InChI is InChI=1S/C8H10N3O2S/c9-6(12)2-1-3-7(13)11-8-10-4-5-14-8/h3-5H,1-2H2,(H2,9,12)(H,10,11,13). The number of carbonyl (C=O) groups excluding carboxylic acids is 2. The van der Waals surface area contributed by atoms with E-state index in [1.165, 1.54) is 17.8 Å². The molecular formula is C8H10N3O2S. The predicted molar refractivity (Wildman–Crippen MR) is 53.5 cm³/mol. The van der Waals surface area contributed by atoms with E-state index in [4.69, 9.17) is 5.73 Å². The monoisotopic (exact) mass is 212 g/mol. The van der Waals surface area contributed by atoms with E-state index in [9.17, 15) is 9.59 Å². The van der Waals surface area contributed by atoms with E-state index >= 15 is 0 Å². The molecule has 1 aromatic rings. The Labute approximate surface area is 85.3 Å². The molecule has 1 radical (unpaired) electrons. The van der Waals surface area contributed by atoms with Gasteiger partial charge in [0.15, 0.2) is 5.13 Å². The number of hydrogen-bond donors (Lipinski definition) is 2. The summed E-state index contributed by atoms with van der Waals surface area (Å²) >= 11 is 1.34. The molecule has 0 aliphatic carbocycles. The van der Waals surface area contributed by atoms with Gasteiger partial charge in [-0.05, 0) is 6.42 Å². The summed E-state index contributed by atoms with van der Waals surface area (Å²) in [7, 11) is 0. The molecule has 1 heterocycles. The van der Waals surface area contributed by atoms with E-state index in [1.54, 1.807) is 11.6 Å². The highest BCUT2D eigenvalue weighted by molar-refractivity contribution is 7.13. The largest absolute Gasteiger partial charge is 0.370 e. The summed E-state index contributed by atoms with van der Waals surface area (Å²) in [5.74, 6) is -0.676. The third kappa shape index (κ3) is 3.99. The second-order valence-electron chi connectivity index (χ2n) is 2.54. The first-order valence-electron chi connectivity index (χ1n) is 4.00. The summed E-state index contributed by atoms with van der Waals surface area (Å²) in [6, 6.07) is 0. The number of rotatable bonds is 5. The molecule has 14 heavy (non-hydrogen) atoms. The lowest BCUT2D eigenvalue weighted by atomic mass is 10.2. The molecule has 0 saturated heterocycles. The van der Waals surface area contributed by atoms with Crippen LogP contribution in [0.2, 0.25) is 0 Å². The van der Waals surface area contributed by atoms with Crippen LogP contribution in [-0.4, -0.2) is 16.8 Å². The lowest BCUT2D eigenvalue weighted by Gasteiger charge is -1.99. The van der Waals surface area contributed by atoms with Crippen molar-refractivity contribution in [3.8, 4) is 0 Å². The fourth-order valence-electron chi connectivity index (χ4n) is 0.787. The summed E-state index contributed by atoms with van der Waals surface area (Å²) in [6.07, 6.45) is 3.52. The van der Waals surface area contributed by atoms with Gasteiger partial charge in [-0.3, -0.25) is 9.59 Å². The van der Waals surface area contributed by atoms with E-state index in [0.717, 1.165) is 0 Å². The average Bonchev–Trinajstić information content (AvgIpc) is 2.56. The first-order valence-corrected chi connectivity index (χ1v) is 4.88. The Bertz CT molecular complexity index is 310. The van der Waals surface area contributed by atoms with E-state index in [-0.39, 0.29) is 12.3 Å². The van der Waals surface area contributed by atoms with Gasteiger partial charge in [0, 0.05) is 18.0 Å². The van der Waals surface area contributed by atoms with Crippen LogP contribution in [0.25, 0.3) is 0 Å². The molecule has 0 saturated carbocycles. The average molecular weight is 212 g/mol. The van der Waals surface area contributed by atoms with Crippen molar-refractivity contribution in [2.75, 3.05) is 5.32 Å². The van der Waals surface area contributed by atoms with Crippen LogP contribution in [0.3, 0.4) is 0 Å². The number of hydrogen-bond acceptors (Lipinski definition) is 4. The van der Waals surface area contributed by atoms with Gasteiger partial charge < -0.3 is 11.1 Å². The zero-order valence-electron chi connectivity index (χ0n) is 7.40. The molecule has 75 valence electrons. The molecule has 0 aromatic carbocycles. The van der Waals surface area contributed by atoms with E-state index in [1.807, 2.05) is 0 Å². The zero-order chi connectivity index (χ0) is 10.4. The van der Waals surface area contributed by atoms with Crippen LogP contribution in [0, 0.1) is 6.42 Å². The SMILES string of the molecule is NC(=O)CC[CH]C(=O)Nc1nccs1. The summed E-state index contributed by atoms with van der Waals surface area (Å²) in [6.45, 7) is 0. The van der Waals surface area contributed by atoms with Crippen LogP contribution in [0.5, 0.6) is 0 Å². The third-order valence-electron chi connectivity index (χ3n) is 1.38. The van der Waals surface area contributed by atoms with Crippen molar-refractivity contribution in [2.24, 2.45) is 5.73 Å². The van der Waals surface area contributed by atoms with Crippen molar-refractivity contribution in [3.05, 3.63) is 18.0 Å². The van der Waals surface area contributed by atoms with Crippen molar-refractivity contribution in [1.82, 2.24) is 4.98 Å². The first kappa shape index (κ1) is 10.6. The second-order valence-corrected chi connectivity index (χ2v) is 3.43. The van der Waals surface area contributed by atoms with Crippen molar-refractivity contribution in [1.29, 1.82) is 0 Å². The molecule has 5 nitrogen and oxygen atoms in total. The zero-order valence-corrected chi connectivity index (χ0v) is 8.21. The Balaban J connectivity index is 2.20. The summed E-state index contributed by atoms with van der Waals surface area (Å²) < 4.78 is 0. The van der Waals surface area contributed by atoms with Crippen LogP contribution in [0.4, 0.5) is 5.13 Å². The minimum absolute atomic E-state index is 0.186. The summed E-state index contributed by atoms with van der Waals surface area (Å²) in [5.41, 5.74) is 4.91. The molecule has 0 spiro atoms. The van der Waals surface area contributed by atoms with Gasteiger partial charge in [0.05, 0.1) is 6.42 Å². The molecule has 0 aliphatic heterocycles. The fraction of sp³-hybridized carbons (Fsp3) is 0.250. The van der Waals surface area contributed by atoms with Crippen molar-refractivity contribution in [3.63, 3.8) is 0 Å². The van der Waals surface area contributed by atoms with Crippen LogP contribution < -0.4 is 11.1 Å². The van der Waals surface area contributed by atoms with Gasteiger partial charge in [0.25, 0.3) is 0 Å². The lowest BCUT2D eigenvalue weighted by molar-refractivity contribution is -0.118. The smallest absolute Gasteiger partial charge is 0.230 e. The Hall–Kier alpha value is -1.43. The Morgan fingerprint density at radius 2 is 2.43 bits per heavy atom. The maximum Gasteiger partial charge on any atom is 0.230 e. The molecule has 0 bridgehead atoms. The highest BCUT2D eigenvalue weighted by Gasteiger charge is 2.04. The van der Waals surface area contributed by atoms with E-state index in [2.05, 4.69) is 10.3 Å². The topological polar surface area (TPSA) is 85.1 Å². The highest BCUT2D eigenvalue weighted by Crippen LogP contribution is 2.10. The molecule has 0 fully saturated rings. The van der Waals surface area contributed by atoms with E-state index in [0.29, 0.717) is 11.6 Å². The third-order valence-corrected chi connectivity index (χ3v) is 2.07. The Kier molecular flexibility index (Phi) is 4.06. The number of aromatic nitrogens is 1. The number of carbonyl (C=O) groups is 2. The van der Waals surface area contributed by atoms with Crippen LogP contribution >= 0.6 is 11.3 Å². The maximum absolute atomic E-state index is 11.1. The van der Waals surface area contributed by atoms with Gasteiger partial charge in [-0.15, -0.1) is 11.3 Å². The van der Waals surface area contributed by atoms with E-state index < -0.39 is 5.91 Å². The molecule has 6 heteroatoms. The van der Waals surface area contributed by atoms with Gasteiger partial charge in [0.1, 0.15) is 0 Å². The normalized spacial score (nSPS) is 9.71. The number of nitrogens with zero attached hydrogens (tertiary/aromatic N) is 1. The second kappa shape index (κ2) is 5.33. The molecule has 3 N–H and O–H groups in total. The lowest BCUT2D eigenvalue weighted by Crippen LogP contribution is -2.15. The summed E-state index contributed by atoms with van der Waals surface area (Å²) in [5, 5.41) is 4.87. The molecule has 0 unspecified atom stereocenters. The number of thiazole rings is 1. The number of nitrogens with one attached hydrogen (secondary N) is 1. The van der Waals surface area contributed by atoms with Gasteiger partial charge in [-0.25, -0.2) is 4.98 Å². The molecule has 0 aliphatic rings. The van der Waals surface area contributed by atoms with Crippen molar-refractivity contribution < 1.29 is 9.59 Å². The maximum atomic E-state index is 11.1. The van der Waals surface area contributed by atoms with Crippen molar-refractivity contribution in [2.45, 2.75) is 12.8 Å². The molecule has 0 atom stereocenters. The van der Waals surface area contributed by atoms with Crippen molar-refractivity contribution >= 4 is 28.3 Å². The van der Waals surface area contributed by atoms with Gasteiger partial charge in [-0.1, -0.05) is 0 Å². The molecular weight excluding hydrogens is 202 g/mol. The minimum Gasteiger partial charge on any atom is -0.370 e. The number of nitrogens with two attached hydrogens (primary N) is 1.